The molecule has 8 heteroatoms. The Kier molecular flexibility index (Phi) is 6.07. The van der Waals surface area contributed by atoms with Crippen LogP contribution in [0.25, 0.3) is 0 Å². The predicted octanol–water partition coefficient (Wildman–Crippen LogP) is 6.11. The first kappa shape index (κ1) is 21.5. The van der Waals surface area contributed by atoms with Crippen molar-refractivity contribution in [1.82, 2.24) is 5.32 Å². The fraction of sp³-hybridized carbons (Fsp3) is 0.261. The van der Waals surface area contributed by atoms with Crippen LogP contribution in [0.4, 0.5) is 9.39 Å². The number of rotatable bonds is 6. The number of hydrogen-bond donors (Lipinski definition) is 2. The quantitative estimate of drug-likeness (QED) is 0.466. The molecule has 0 fully saturated rings. The first-order valence-corrected chi connectivity index (χ1v) is 11.0. The number of nitrogens with one attached hydrogen (secondary N) is 2. The molecule has 1 amide bonds. The average molecular weight is 461 g/mol. The van der Waals surface area contributed by atoms with Gasteiger partial charge in [-0.3, -0.25) is 4.79 Å². The van der Waals surface area contributed by atoms with E-state index in [1.54, 1.807) is 18.4 Å². The van der Waals surface area contributed by atoms with Gasteiger partial charge in [-0.25, -0.2) is 4.39 Å². The van der Waals surface area contributed by atoms with Gasteiger partial charge in [0.25, 0.3) is 5.91 Å². The Morgan fingerprint density at radius 3 is 2.68 bits per heavy atom. The second-order valence-electron chi connectivity index (χ2n) is 7.53. The molecule has 5 nitrogen and oxygen atoms in total. The number of ether oxygens (including phenoxy) is 2. The highest BCUT2D eigenvalue weighted by Crippen LogP contribution is 2.38. The lowest BCUT2D eigenvalue weighted by atomic mass is 10.1. The number of carbonyl (C=O) groups is 1. The van der Waals surface area contributed by atoms with Crippen LogP contribution in [0.1, 0.15) is 52.3 Å². The Labute approximate surface area is 189 Å². The lowest BCUT2D eigenvalue weighted by Crippen LogP contribution is -2.37. The third-order valence-electron chi connectivity index (χ3n) is 5.04. The maximum Gasteiger partial charge on any atom is 0.256 e. The first-order valence-electron chi connectivity index (χ1n) is 9.81. The second-order valence-corrected chi connectivity index (χ2v) is 9.02. The number of amides is 1. The van der Waals surface area contributed by atoms with Gasteiger partial charge in [-0.05, 0) is 41.8 Å². The summed E-state index contributed by atoms with van der Waals surface area (Å²) < 4.78 is 24.6. The van der Waals surface area contributed by atoms with Crippen LogP contribution < -0.4 is 20.1 Å². The summed E-state index contributed by atoms with van der Waals surface area (Å²) in [7, 11) is 1.58. The first-order chi connectivity index (χ1) is 14.9. The molecule has 2 aromatic carbocycles. The highest BCUT2D eigenvalue weighted by molar-refractivity contribution is 7.16. The maximum absolute atomic E-state index is 13.4. The lowest BCUT2D eigenvalue weighted by molar-refractivity contribution is 0.0936. The van der Waals surface area contributed by atoms with E-state index in [2.05, 4.69) is 24.5 Å². The third-order valence-corrected chi connectivity index (χ3v) is 6.70. The van der Waals surface area contributed by atoms with Crippen molar-refractivity contribution < 1.29 is 18.7 Å². The van der Waals surface area contributed by atoms with Crippen LogP contribution in [0.2, 0.25) is 5.02 Å². The Balaban J connectivity index is 1.56. The van der Waals surface area contributed by atoms with E-state index in [0.29, 0.717) is 23.0 Å². The summed E-state index contributed by atoms with van der Waals surface area (Å²) in [6.07, 6.45) is -0.372. The molecule has 1 aliphatic rings. The topological polar surface area (TPSA) is 59.6 Å². The van der Waals surface area contributed by atoms with Crippen LogP contribution in [0, 0.1) is 5.82 Å². The molecule has 1 aliphatic heterocycles. The molecule has 0 saturated carbocycles. The molecule has 1 atom stereocenters. The number of benzene rings is 2. The van der Waals surface area contributed by atoms with E-state index in [9.17, 15) is 9.18 Å². The van der Waals surface area contributed by atoms with Crippen molar-refractivity contribution in [2.24, 2.45) is 0 Å². The van der Waals surface area contributed by atoms with Gasteiger partial charge in [0.05, 0.1) is 17.7 Å². The number of hydrogen-bond acceptors (Lipinski definition) is 5. The highest BCUT2D eigenvalue weighted by atomic mass is 35.5. The van der Waals surface area contributed by atoms with Gasteiger partial charge in [-0.15, -0.1) is 11.3 Å². The molecule has 0 aliphatic carbocycles. The van der Waals surface area contributed by atoms with E-state index in [1.165, 1.54) is 18.2 Å². The van der Waals surface area contributed by atoms with Gasteiger partial charge in [-0.1, -0.05) is 31.5 Å². The number of anilines is 1. The molecule has 0 spiro atoms. The largest absolute Gasteiger partial charge is 0.496 e. The molecular weight excluding hydrogens is 439 g/mol. The summed E-state index contributed by atoms with van der Waals surface area (Å²) >= 11 is 7.43. The Morgan fingerprint density at radius 2 is 1.97 bits per heavy atom. The summed E-state index contributed by atoms with van der Waals surface area (Å²) in [5, 5.41) is 7.29. The minimum absolute atomic E-state index is 0.000136. The summed E-state index contributed by atoms with van der Waals surface area (Å²) in [6, 6.07) is 11.8. The average Bonchev–Trinajstić information content (AvgIpc) is 3.20. The van der Waals surface area contributed by atoms with E-state index in [1.807, 2.05) is 24.3 Å². The van der Waals surface area contributed by atoms with Crippen LogP contribution in [0.15, 0.2) is 42.5 Å². The van der Waals surface area contributed by atoms with Crippen molar-refractivity contribution in [3.05, 3.63) is 74.9 Å². The van der Waals surface area contributed by atoms with E-state index in [4.69, 9.17) is 21.1 Å². The van der Waals surface area contributed by atoms with Gasteiger partial charge >= 0.3 is 0 Å². The van der Waals surface area contributed by atoms with E-state index >= 15 is 0 Å². The van der Waals surface area contributed by atoms with Gasteiger partial charge < -0.3 is 20.1 Å². The van der Waals surface area contributed by atoms with Gasteiger partial charge in [0, 0.05) is 16.5 Å². The number of carbonyl (C=O) groups excluding carboxylic acids is 1. The Morgan fingerprint density at radius 1 is 1.16 bits per heavy atom. The van der Waals surface area contributed by atoms with Crippen LogP contribution >= 0.6 is 22.9 Å². The highest BCUT2D eigenvalue weighted by Gasteiger charge is 2.28. The summed E-state index contributed by atoms with van der Waals surface area (Å²) in [4.78, 5) is 13.8. The van der Waals surface area contributed by atoms with Crippen LogP contribution in [-0.2, 0) is 6.61 Å². The smallest absolute Gasteiger partial charge is 0.256 e. The molecule has 3 aromatic rings. The van der Waals surface area contributed by atoms with Gasteiger partial charge in [-0.2, -0.15) is 0 Å². The standard InChI is InChI=1S/C23H22ClFN2O3S/c1-12(2)20-10-16-22(28)26-21(27-23(16)31-20)13-4-7-19(29-3)14(8-13)11-30-15-5-6-18(25)17(24)9-15/h4-10,12,21,27H,11H2,1-3H3,(H,26,28)/t21-/m0/s1. The van der Waals surface area contributed by atoms with E-state index in [0.717, 1.165) is 21.0 Å². The molecule has 4 rings (SSSR count). The maximum atomic E-state index is 13.4. The fourth-order valence-electron chi connectivity index (χ4n) is 3.33. The minimum atomic E-state index is -0.499. The van der Waals surface area contributed by atoms with Gasteiger partial charge in [0.15, 0.2) is 0 Å². The molecule has 0 bridgehead atoms. The third kappa shape index (κ3) is 4.48. The van der Waals surface area contributed by atoms with Gasteiger partial charge in [0.2, 0.25) is 0 Å². The van der Waals surface area contributed by atoms with Crippen molar-refractivity contribution in [3.8, 4) is 11.5 Å². The predicted molar refractivity (Wildman–Crippen MR) is 121 cm³/mol. The van der Waals surface area contributed by atoms with Crippen molar-refractivity contribution in [3.63, 3.8) is 0 Å². The van der Waals surface area contributed by atoms with E-state index < -0.39 is 5.82 Å². The minimum Gasteiger partial charge on any atom is -0.496 e. The molecule has 2 N–H and O–H groups in total. The zero-order valence-corrected chi connectivity index (χ0v) is 18.9. The molecule has 0 radical (unpaired) electrons. The SMILES string of the molecule is COc1ccc([C@H]2NC(=O)c3cc(C(C)C)sc3N2)cc1COc1ccc(F)c(Cl)c1. The molecule has 1 aromatic heterocycles. The lowest BCUT2D eigenvalue weighted by Gasteiger charge is -2.26. The van der Waals surface area contributed by atoms with Crippen LogP contribution in [0.5, 0.6) is 11.5 Å². The summed E-state index contributed by atoms with van der Waals surface area (Å²) in [5.74, 6) is 0.858. The van der Waals surface area contributed by atoms with E-state index in [-0.39, 0.29) is 23.7 Å². The van der Waals surface area contributed by atoms with Gasteiger partial charge in [0.1, 0.15) is 35.1 Å². The zero-order chi connectivity index (χ0) is 22.1. The molecule has 2 heterocycles. The molecule has 0 saturated heterocycles. The molecule has 162 valence electrons. The number of fused-ring (bicyclic) bond motifs is 1. The molecule has 0 unspecified atom stereocenters. The summed E-state index contributed by atoms with van der Waals surface area (Å²) in [6.45, 7) is 4.41. The van der Waals surface area contributed by atoms with Crippen molar-refractivity contribution in [2.45, 2.75) is 32.5 Å². The Hall–Kier alpha value is -2.77. The number of methoxy groups -OCH3 is 1. The van der Waals surface area contributed by atoms with Crippen molar-refractivity contribution in [1.29, 1.82) is 0 Å². The summed E-state index contributed by atoms with van der Waals surface area (Å²) in [5.41, 5.74) is 2.33. The second kappa shape index (κ2) is 8.77. The van der Waals surface area contributed by atoms with Crippen molar-refractivity contribution >= 4 is 33.8 Å². The van der Waals surface area contributed by atoms with Crippen LogP contribution in [-0.4, -0.2) is 13.0 Å². The fourth-order valence-corrected chi connectivity index (χ4v) is 4.59. The Bertz CT molecular complexity index is 1130. The number of halogens is 2. The normalized spacial score (nSPS) is 15.3. The molecule has 31 heavy (non-hydrogen) atoms. The number of thiophene rings is 1. The zero-order valence-electron chi connectivity index (χ0n) is 17.3. The monoisotopic (exact) mass is 460 g/mol. The van der Waals surface area contributed by atoms with Crippen LogP contribution in [0.3, 0.4) is 0 Å². The van der Waals surface area contributed by atoms with Crippen molar-refractivity contribution in [2.75, 3.05) is 12.4 Å². The molecular formula is C23H22ClFN2O3S.